The molecular weight excluding hydrogens is 404 g/mol. The fourth-order valence-electron chi connectivity index (χ4n) is 3.20. The van der Waals surface area contributed by atoms with E-state index in [2.05, 4.69) is 48.6 Å². The average Bonchev–Trinajstić information content (AvgIpc) is 3.24. The summed E-state index contributed by atoms with van der Waals surface area (Å²) in [6.45, 7) is 1.89. The van der Waals surface area contributed by atoms with Crippen LogP contribution in [0.1, 0.15) is 16.7 Å². The van der Waals surface area contributed by atoms with Gasteiger partial charge in [-0.15, -0.1) is 5.11 Å². The summed E-state index contributed by atoms with van der Waals surface area (Å²) in [5, 5.41) is 11.3. The van der Waals surface area contributed by atoms with E-state index in [0.717, 1.165) is 24.2 Å². The Morgan fingerprint density at radius 2 is 1.92 bits per heavy atom. The van der Waals surface area contributed by atoms with Crippen LogP contribution in [0.4, 0.5) is 0 Å². The largest absolute Gasteiger partial charge is 0.309 e. The summed E-state index contributed by atoms with van der Waals surface area (Å²) >= 11 is 3.37. The molecule has 0 aliphatic carbocycles. The zero-order valence-electron chi connectivity index (χ0n) is 13.5. The lowest BCUT2D eigenvalue weighted by Crippen LogP contribution is -2.10. The highest BCUT2D eigenvalue weighted by molar-refractivity contribution is 9.10. The highest BCUT2D eigenvalue weighted by Crippen LogP contribution is 2.36. The van der Waals surface area contributed by atoms with E-state index in [1.807, 2.05) is 12.1 Å². The molecule has 0 saturated heterocycles. The number of nitrogens with one attached hydrogen (secondary N) is 1. The first kappa shape index (κ1) is 16.6. The summed E-state index contributed by atoms with van der Waals surface area (Å²) in [6, 6.07) is 9.84. The molecule has 0 bridgehead atoms. The SMILES string of the molecule is CS(=O)(=O)c1c(Br)ccc(-c2ccc3c(c2)CNC3)c1C1=NCN=N1. The van der Waals surface area contributed by atoms with E-state index < -0.39 is 9.84 Å². The smallest absolute Gasteiger partial charge is 0.180 e. The monoisotopic (exact) mass is 418 g/mol. The van der Waals surface area contributed by atoms with E-state index in [4.69, 9.17) is 0 Å². The van der Waals surface area contributed by atoms with Crippen LogP contribution in [0, 0.1) is 0 Å². The van der Waals surface area contributed by atoms with Crippen LogP contribution in [-0.2, 0) is 22.9 Å². The van der Waals surface area contributed by atoms with Crippen molar-refractivity contribution in [3.05, 3.63) is 51.5 Å². The van der Waals surface area contributed by atoms with Gasteiger partial charge in [0.25, 0.3) is 0 Å². The second-order valence-corrected chi connectivity index (χ2v) is 8.83. The standard InChI is InChI=1S/C17H15BrN4O2S/c1-25(23,24)16-14(18)5-4-13(15(16)17-20-9-21-22-17)10-2-3-11-7-19-8-12(11)6-10/h2-6,19H,7-9H2,1H3. The van der Waals surface area contributed by atoms with Crippen LogP contribution < -0.4 is 5.32 Å². The lowest BCUT2D eigenvalue weighted by molar-refractivity contribution is 0.601. The number of halogens is 1. The number of fused-ring (bicyclic) bond motifs is 1. The number of sulfone groups is 1. The number of nitrogens with zero attached hydrogens (tertiary/aromatic N) is 3. The fourth-order valence-corrected chi connectivity index (χ4v) is 5.41. The fraction of sp³-hybridized carbons (Fsp3) is 0.235. The first-order chi connectivity index (χ1) is 11.9. The molecule has 4 rings (SSSR count). The predicted octanol–water partition coefficient (Wildman–Crippen LogP) is 3.29. The van der Waals surface area contributed by atoms with E-state index in [-0.39, 0.29) is 11.6 Å². The van der Waals surface area contributed by atoms with Crippen LogP contribution in [0.25, 0.3) is 11.1 Å². The topological polar surface area (TPSA) is 83.2 Å². The van der Waals surface area contributed by atoms with Crippen molar-refractivity contribution in [1.82, 2.24) is 5.32 Å². The minimum absolute atomic E-state index is 0.197. The first-order valence-corrected chi connectivity index (χ1v) is 10.4. The Morgan fingerprint density at radius 1 is 1.12 bits per heavy atom. The molecule has 0 aromatic heterocycles. The van der Waals surface area contributed by atoms with Gasteiger partial charge < -0.3 is 5.32 Å². The normalized spacial score (nSPS) is 16.2. The Morgan fingerprint density at radius 3 is 2.64 bits per heavy atom. The molecule has 0 unspecified atom stereocenters. The van der Waals surface area contributed by atoms with Gasteiger partial charge in [0.05, 0.1) is 4.90 Å². The molecule has 6 nitrogen and oxygen atoms in total. The van der Waals surface area contributed by atoms with Gasteiger partial charge in [-0.2, -0.15) is 5.11 Å². The molecule has 0 radical (unpaired) electrons. The van der Waals surface area contributed by atoms with Gasteiger partial charge in [-0.1, -0.05) is 18.2 Å². The number of aliphatic imine (C=N–C) groups is 1. The van der Waals surface area contributed by atoms with Crippen LogP contribution in [0.15, 0.2) is 54.9 Å². The lowest BCUT2D eigenvalue weighted by Gasteiger charge is -2.15. The van der Waals surface area contributed by atoms with Crippen molar-refractivity contribution in [3.63, 3.8) is 0 Å². The zero-order valence-corrected chi connectivity index (χ0v) is 15.9. The van der Waals surface area contributed by atoms with Crippen molar-refractivity contribution < 1.29 is 8.42 Å². The van der Waals surface area contributed by atoms with Crippen molar-refractivity contribution in [2.24, 2.45) is 15.2 Å². The molecule has 1 N–H and O–H groups in total. The van der Waals surface area contributed by atoms with Gasteiger partial charge in [0.1, 0.15) is 0 Å². The number of benzene rings is 2. The van der Waals surface area contributed by atoms with E-state index in [0.29, 0.717) is 15.9 Å². The molecule has 128 valence electrons. The Labute approximate surface area is 154 Å². The van der Waals surface area contributed by atoms with Gasteiger partial charge in [0, 0.05) is 29.4 Å². The van der Waals surface area contributed by atoms with Gasteiger partial charge in [0.15, 0.2) is 22.3 Å². The van der Waals surface area contributed by atoms with Crippen LogP contribution in [-0.4, -0.2) is 27.2 Å². The quantitative estimate of drug-likeness (QED) is 0.829. The molecule has 0 atom stereocenters. The number of rotatable bonds is 3. The van der Waals surface area contributed by atoms with E-state index in [1.54, 1.807) is 6.07 Å². The molecule has 0 spiro atoms. The molecule has 2 aliphatic rings. The van der Waals surface area contributed by atoms with Gasteiger partial charge in [-0.3, -0.25) is 0 Å². The summed E-state index contributed by atoms with van der Waals surface area (Å²) in [7, 11) is -3.49. The highest BCUT2D eigenvalue weighted by atomic mass is 79.9. The van der Waals surface area contributed by atoms with Crippen molar-refractivity contribution in [1.29, 1.82) is 0 Å². The summed E-state index contributed by atoms with van der Waals surface area (Å²) in [5.74, 6) is 0.357. The Hall–Kier alpha value is -1.90. The zero-order chi connectivity index (χ0) is 17.6. The van der Waals surface area contributed by atoms with Gasteiger partial charge >= 0.3 is 0 Å². The molecule has 0 fully saturated rings. The van der Waals surface area contributed by atoms with Crippen molar-refractivity contribution in [3.8, 4) is 11.1 Å². The Kier molecular flexibility index (Phi) is 4.05. The Balaban J connectivity index is 2.01. The average molecular weight is 419 g/mol. The van der Waals surface area contributed by atoms with Crippen LogP contribution in [0.2, 0.25) is 0 Å². The molecule has 2 heterocycles. The van der Waals surface area contributed by atoms with Gasteiger partial charge in [-0.25, -0.2) is 13.4 Å². The number of amidine groups is 1. The van der Waals surface area contributed by atoms with Crippen molar-refractivity contribution in [2.75, 3.05) is 12.9 Å². The van der Waals surface area contributed by atoms with Gasteiger partial charge in [-0.05, 0) is 50.3 Å². The number of hydrogen-bond donors (Lipinski definition) is 1. The van der Waals surface area contributed by atoms with E-state index >= 15 is 0 Å². The summed E-state index contributed by atoms with van der Waals surface area (Å²) in [4.78, 5) is 4.46. The van der Waals surface area contributed by atoms with Crippen LogP contribution in [0.5, 0.6) is 0 Å². The van der Waals surface area contributed by atoms with E-state index in [9.17, 15) is 8.42 Å². The third-order valence-corrected chi connectivity index (χ3v) is 6.39. The number of hydrogen-bond acceptors (Lipinski definition) is 6. The van der Waals surface area contributed by atoms with E-state index in [1.165, 1.54) is 17.4 Å². The Bertz CT molecular complexity index is 1040. The third kappa shape index (κ3) is 2.94. The van der Waals surface area contributed by atoms with Crippen LogP contribution >= 0.6 is 15.9 Å². The molecule has 2 aromatic rings. The van der Waals surface area contributed by atoms with Crippen molar-refractivity contribution >= 4 is 31.6 Å². The maximum absolute atomic E-state index is 12.4. The predicted molar refractivity (Wildman–Crippen MR) is 99.5 cm³/mol. The molecular formula is C17H15BrN4O2S. The second kappa shape index (κ2) is 6.12. The van der Waals surface area contributed by atoms with Crippen molar-refractivity contribution in [2.45, 2.75) is 18.0 Å². The summed E-state index contributed by atoms with van der Waals surface area (Å²) in [6.07, 6.45) is 1.19. The highest BCUT2D eigenvalue weighted by Gasteiger charge is 2.26. The molecule has 2 aliphatic heterocycles. The van der Waals surface area contributed by atoms with Gasteiger partial charge in [0.2, 0.25) is 0 Å². The molecule has 2 aromatic carbocycles. The minimum Gasteiger partial charge on any atom is -0.309 e. The molecule has 0 amide bonds. The minimum atomic E-state index is -3.49. The summed E-state index contributed by atoms with van der Waals surface area (Å²) in [5.41, 5.74) is 4.73. The second-order valence-electron chi connectivity index (χ2n) is 6.02. The third-order valence-electron chi connectivity index (χ3n) is 4.30. The number of azo groups is 1. The lowest BCUT2D eigenvalue weighted by atomic mass is 9.96. The maximum Gasteiger partial charge on any atom is 0.180 e. The summed E-state index contributed by atoms with van der Waals surface area (Å²) < 4.78 is 25.4. The molecule has 8 heteroatoms. The van der Waals surface area contributed by atoms with Crippen LogP contribution in [0.3, 0.4) is 0 Å². The molecule has 0 saturated carbocycles. The molecule has 25 heavy (non-hydrogen) atoms. The first-order valence-electron chi connectivity index (χ1n) is 7.73. The maximum atomic E-state index is 12.4.